The van der Waals surface area contributed by atoms with Crippen LogP contribution in [0.5, 0.6) is 0 Å². The molecule has 1 aliphatic heterocycles. The highest BCUT2D eigenvalue weighted by molar-refractivity contribution is 8.04. The average Bonchev–Trinajstić information content (AvgIpc) is 2.82. The lowest BCUT2D eigenvalue weighted by Gasteiger charge is -2.17. The average molecular weight is 349 g/mol. The number of nitrogens with zero attached hydrogens (tertiary/aromatic N) is 2. The summed E-state index contributed by atoms with van der Waals surface area (Å²) in [5.74, 6) is 0. The SMILES string of the molecule is CCCCN1C=CN(C)C1.O=S(=O)(CF)NS(=O)(=O)CF. The fourth-order valence-corrected chi connectivity index (χ4v) is 3.24. The molecular weight excluding hydrogens is 328 g/mol. The van der Waals surface area contributed by atoms with Crippen molar-refractivity contribution in [2.24, 2.45) is 0 Å². The summed E-state index contributed by atoms with van der Waals surface area (Å²) in [6, 6.07) is -3.79. The summed E-state index contributed by atoms with van der Waals surface area (Å²) in [7, 11) is -6.97. The van der Waals surface area contributed by atoms with Gasteiger partial charge < -0.3 is 9.80 Å². The third-order valence-electron chi connectivity index (χ3n) is 2.28. The maximum absolute atomic E-state index is 11.4. The smallest absolute Gasteiger partial charge is 0.254 e. The minimum absolute atomic E-state index is 0.826. The van der Waals surface area contributed by atoms with Gasteiger partial charge in [-0.1, -0.05) is 13.3 Å². The maximum Gasteiger partial charge on any atom is 0.254 e. The summed E-state index contributed by atoms with van der Waals surface area (Å²) in [6.07, 6.45) is 6.87. The van der Waals surface area contributed by atoms with Crippen LogP contribution in [0, 0.1) is 0 Å². The summed E-state index contributed by atoms with van der Waals surface area (Å²) < 4.78 is 64.2. The Hall–Kier alpha value is -0.940. The van der Waals surface area contributed by atoms with Crippen LogP contribution in [0.3, 0.4) is 0 Å². The number of hydrogen-bond acceptors (Lipinski definition) is 6. The van der Waals surface area contributed by atoms with Crippen LogP contribution in [0.15, 0.2) is 12.4 Å². The minimum Gasteiger partial charge on any atom is -0.362 e. The van der Waals surface area contributed by atoms with E-state index in [1.807, 2.05) is 0 Å². The van der Waals surface area contributed by atoms with Crippen molar-refractivity contribution in [3.8, 4) is 0 Å². The minimum atomic E-state index is -4.53. The van der Waals surface area contributed by atoms with Crippen LogP contribution in [0.2, 0.25) is 0 Å². The second-order valence-corrected chi connectivity index (χ2v) is 7.96. The van der Waals surface area contributed by atoms with Gasteiger partial charge in [0.05, 0.1) is 6.67 Å². The Bertz CT molecular complexity index is 490. The zero-order valence-electron chi connectivity index (χ0n) is 12.0. The van der Waals surface area contributed by atoms with E-state index in [0.717, 1.165) is 10.8 Å². The maximum atomic E-state index is 11.4. The Morgan fingerprint density at radius 2 is 1.62 bits per heavy atom. The zero-order valence-corrected chi connectivity index (χ0v) is 13.6. The highest BCUT2D eigenvalue weighted by atomic mass is 32.3. The summed E-state index contributed by atoms with van der Waals surface area (Å²) in [6.45, 7) is 4.50. The van der Waals surface area contributed by atoms with Gasteiger partial charge in [-0.3, -0.25) is 0 Å². The topological polar surface area (TPSA) is 86.8 Å². The fraction of sp³-hybridized carbons (Fsp3) is 0.800. The van der Waals surface area contributed by atoms with Gasteiger partial charge in [0.25, 0.3) is 20.0 Å². The first-order chi connectivity index (χ1) is 9.65. The third kappa shape index (κ3) is 9.58. The lowest BCUT2D eigenvalue weighted by molar-refractivity contribution is 0.293. The first-order valence-corrected chi connectivity index (χ1v) is 9.44. The summed E-state index contributed by atoms with van der Waals surface area (Å²) in [5, 5.41) is 0. The molecule has 126 valence electrons. The van der Waals surface area contributed by atoms with E-state index in [-0.39, 0.29) is 0 Å². The monoisotopic (exact) mass is 349 g/mol. The van der Waals surface area contributed by atoms with Crippen molar-refractivity contribution < 1.29 is 25.6 Å². The van der Waals surface area contributed by atoms with Crippen molar-refractivity contribution in [1.82, 2.24) is 13.9 Å². The van der Waals surface area contributed by atoms with Crippen LogP contribution >= 0.6 is 0 Å². The van der Waals surface area contributed by atoms with Crippen molar-refractivity contribution in [3.05, 3.63) is 12.4 Å². The number of hydrogen-bond donors (Lipinski definition) is 1. The summed E-state index contributed by atoms with van der Waals surface area (Å²) in [4.78, 5) is 4.53. The van der Waals surface area contributed by atoms with Gasteiger partial charge in [-0.2, -0.15) is 0 Å². The lowest BCUT2D eigenvalue weighted by atomic mass is 10.3. The second kappa shape index (κ2) is 9.15. The number of sulfonamides is 2. The Labute approximate surface area is 124 Å². The molecule has 1 aliphatic rings. The molecule has 0 bridgehead atoms. The molecule has 0 aromatic carbocycles. The number of nitrogens with one attached hydrogen (secondary N) is 1. The molecule has 0 saturated carbocycles. The first kappa shape index (κ1) is 20.1. The number of unbranched alkanes of at least 4 members (excludes halogenated alkanes) is 1. The van der Waals surface area contributed by atoms with E-state index in [1.165, 1.54) is 19.4 Å². The summed E-state index contributed by atoms with van der Waals surface area (Å²) >= 11 is 0. The molecule has 21 heavy (non-hydrogen) atoms. The Morgan fingerprint density at radius 3 is 1.95 bits per heavy atom. The molecule has 0 radical (unpaired) electrons. The molecule has 0 unspecified atom stereocenters. The van der Waals surface area contributed by atoms with Gasteiger partial charge in [-0.05, 0) is 6.42 Å². The largest absolute Gasteiger partial charge is 0.362 e. The number of halogens is 2. The molecule has 7 nitrogen and oxygen atoms in total. The Balaban J connectivity index is 0.000000382. The van der Waals surface area contributed by atoms with Crippen LogP contribution in [-0.2, 0) is 20.0 Å². The van der Waals surface area contributed by atoms with E-state index in [9.17, 15) is 25.6 Å². The standard InChI is InChI=1S/C8H16N2.C2H5F2NO4S2/c1-3-4-5-10-7-6-9(2)8-10;3-1-10(6,7)5-11(8,9)2-4/h6-7H,3-5,8H2,1-2H3;5H,1-2H2. The molecule has 0 atom stereocenters. The van der Waals surface area contributed by atoms with E-state index in [1.54, 1.807) is 0 Å². The fourth-order valence-electron chi connectivity index (χ4n) is 1.33. The van der Waals surface area contributed by atoms with Crippen molar-refractivity contribution in [2.45, 2.75) is 19.8 Å². The lowest BCUT2D eigenvalue weighted by Crippen LogP contribution is -2.32. The van der Waals surface area contributed by atoms with Crippen molar-refractivity contribution in [1.29, 1.82) is 0 Å². The highest BCUT2D eigenvalue weighted by Gasteiger charge is 2.19. The molecule has 0 fully saturated rings. The number of alkyl halides is 2. The van der Waals surface area contributed by atoms with Gasteiger partial charge >= 0.3 is 0 Å². The number of rotatable bonds is 7. The van der Waals surface area contributed by atoms with E-state index < -0.39 is 32.1 Å². The van der Waals surface area contributed by atoms with E-state index in [4.69, 9.17) is 0 Å². The quantitative estimate of drug-likeness (QED) is 0.722. The van der Waals surface area contributed by atoms with Crippen LogP contribution in [0.25, 0.3) is 0 Å². The molecule has 1 N–H and O–H groups in total. The van der Waals surface area contributed by atoms with Crippen LogP contribution in [-0.4, -0.2) is 58.9 Å². The van der Waals surface area contributed by atoms with Crippen LogP contribution in [0.4, 0.5) is 8.78 Å². The van der Waals surface area contributed by atoms with E-state index >= 15 is 0 Å². The van der Waals surface area contributed by atoms with Gasteiger partial charge in [0, 0.05) is 26.0 Å². The predicted molar refractivity (Wildman–Crippen MR) is 76.3 cm³/mol. The van der Waals surface area contributed by atoms with Gasteiger partial charge in [0.2, 0.25) is 12.0 Å². The molecule has 0 spiro atoms. The zero-order chi connectivity index (χ0) is 16.5. The van der Waals surface area contributed by atoms with Crippen molar-refractivity contribution >= 4 is 20.0 Å². The van der Waals surface area contributed by atoms with Gasteiger partial charge in [0.15, 0.2) is 0 Å². The van der Waals surface area contributed by atoms with Crippen LogP contribution in [0.1, 0.15) is 19.8 Å². The molecular formula is C10H21F2N3O4S2. The molecule has 0 amide bonds. The highest BCUT2D eigenvalue weighted by Crippen LogP contribution is 2.04. The Morgan fingerprint density at radius 1 is 1.10 bits per heavy atom. The molecule has 0 aromatic heterocycles. The first-order valence-electron chi connectivity index (χ1n) is 6.14. The van der Waals surface area contributed by atoms with Gasteiger partial charge in [0.1, 0.15) is 0 Å². The molecule has 0 aliphatic carbocycles. The molecule has 0 aromatic rings. The second-order valence-electron chi connectivity index (χ2n) is 4.39. The molecule has 1 heterocycles. The van der Waals surface area contributed by atoms with Gasteiger partial charge in [-0.25, -0.2) is 25.6 Å². The van der Waals surface area contributed by atoms with Crippen molar-refractivity contribution in [2.75, 3.05) is 32.3 Å². The summed E-state index contributed by atoms with van der Waals surface area (Å²) in [5.41, 5.74) is 0. The van der Waals surface area contributed by atoms with E-state index in [2.05, 4.69) is 36.2 Å². The molecule has 0 saturated heterocycles. The van der Waals surface area contributed by atoms with Crippen molar-refractivity contribution in [3.63, 3.8) is 0 Å². The molecule has 1 rings (SSSR count). The Kier molecular flexibility index (Phi) is 8.74. The van der Waals surface area contributed by atoms with Gasteiger partial charge in [-0.15, -0.1) is 4.13 Å². The predicted octanol–water partition coefficient (Wildman–Crippen LogP) is 0.552. The van der Waals surface area contributed by atoms with Crippen LogP contribution < -0.4 is 4.13 Å². The molecule has 11 heteroatoms. The third-order valence-corrected chi connectivity index (χ3v) is 4.88. The van der Waals surface area contributed by atoms with E-state index in [0.29, 0.717) is 0 Å². The normalized spacial score (nSPS) is 15.0.